The molecule has 0 radical (unpaired) electrons. The van der Waals surface area contributed by atoms with E-state index in [1.807, 2.05) is 20.8 Å². The molecule has 0 aliphatic heterocycles. The summed E-state index contributed by atoms with van der Waals surface area (Å²) in [6.07, 6.45) is 0.245. The van der Waals surface area contributed by atoms with Gasteiger partial charge in [0.15, 0.2) is 0 Å². The summed E-state index contributed by atoms with van der Waals surface area (Å²) in [6.45, 7) is 6.50. The average molecular weight is 323 g/mol. The molecule has 0 aliphatic carbocycles. The maximum Gasteiger partial charge on any atom is 0.407 e. The normalized spacial score (nSPS) is 10.8. The highest BCUT2D eigenvalue weighted by atomic mass is 16.6. The van der Waals surface area contributed by atoms with Gasteiger partial charge >= 0.3 is 6.09 Å². The molecule has 128 valence electrons. The second-order valence-electron chi connectivity index (χ2n) is 5.99. The zero-order chi connectivity index (χ0) is 17.5. The Morgan fingerprint density at radius 3 is 2.48 bits per heavy atom. The van der Waals surface area contributed by atoms with Gasteiger partial charge in [-0.05, 0) is 45.4 Å². The Kier molecular flexibility index (Phi) is 6.68. The predicted octanol–water partition coefficient (Wildman–Crippen LogP) is 2.12. The molecule has 0 atom stereocenters. The van der Waals surface area contributed by atoms with E-state index in [2.05, 4.69) is 10.6 Å². The van der Waals surface area contributed by atoms with Crippen molar-refractivity contribution >= 4 is 17.7 Å². The summed E-state index contributed by atoms with van der Waals surface area (Å²) in [5, 5.41) is 5.83. The molecule has 1 rings (SSSR count). The molecule has 0 bridgehead atoms. The Balaban J connectivity index is 2.42. The molecule has 0 aromatic heterocycles. The highest BCUT2D eigenvalue weighted by molar-refractivity contribution is 5.94. The number of nitrogens with one attached hydrogen (secondary N) is 2. The number of primary amides is 1. The second kappa shape index (κ2) is 8.26. The molecular weight excluding hydrogens is 298 g/mol. The lowest BCUT2D eigenvalue weighted by atomic mass is 10.1. The van der Waals surface area contributed by atoms with E-state index in [0.717, 1.165) is 0 Å². The number of methoxy groups -OCH3 is 1. The third-order valence-electron chi connectivity index (χ3n) is 2.82. The molecule has 0 unspecified atom stereocenters. The molecular formula is C16H25N3O4. The number of hydrogen-bond donors (Lipinski definition) is 3. The fourth-order valence-corrected chi connectivity index (χ4v) is 1.82. The van der Waals surface area contributed by atoms with Crippen LogP contribution in [0.2, 0.25) is 0 Å². The van der Waals surface area contributed by atoms with Crippen molar-refractivity contribution in [1.29, 1.82) is 0 Å². The van der Waals surface area contributed by atoms with Gasteiger partial charge in [0.2, 0.25) is 5.91 Å². The zero-order valence-electron chi connectivity index (χ0n) is 14.1. The molecule has 7 heteroatoms. The van der Waals surface area contributed by atoms with Crippen molar-refractivity contribution in [2.45, 2.75) is 32.8 Å². The van der Waals surface area contributed by atoms with Crippen molar-refractivity contribution < 1.29 is 19.1 Å². The Morgan fingerprint density at radius 2 is 1.91 bits per heavy atom. The third-order valence-corrected chi connectivity index (χ3v) is 2.82. The number of anilines is 1. The molecule has 4 N–H and O–H groups in total. The van der Waals surface area contributed by atoms with Gasteiger partial charge in [0, 0.05) is 18.7 Å². The molecule has 0 saturated heterocycles. The van der Waals surface area contributed by atoms with Gasteiger partial charge in [0.05, 0.1) is 12.8 Å². The van der Waals surface area contributed by atoms with E-state index in [9.17, 15) is 9.59 Å². The summed E-state index contributed by atoms with van der Waals surface area (Å²) in [5.74, 6) is 0.123. The number of carbonyl (C=O) groups is 2. The predicted molar refractivity (Wildman–Crippen MR) is 88.9 cm³/mol. The van der Waals surface area contributed by atoms with Gasteiger partial charge in [-0.1, -0.05) is 0 Å². The first-order chi connectivity index (χ1) is 10.7. The van der Waals surface area contributed by atoms with Gasteiger partial charge < -0.3 is 25.8 Å². The van der Waals surface area contributed by atoms with E-state index in [-0.39, 0.29) is 0 Å². The average Bonchev–Trinajstić information content (AvgIpc) is 2.44. The summed E-state index contributed by atoms with van der Waals surface area (Å²) in [7, 11) is 1.55. The molecule has 23 heavy (non-hydrogen) atoms. The molecule has 2 amide bonds. The summed E-state index contributed by atoms with van der Waals surface area (Å²) in [4.78, 5) is 22.7. The minimum absolute atomic E-state index is 0.403. The number of benzene rings is 1. The van der Waals surface area contributed by atoms with Crippen LogP contribution in [-0.4, -0.2) is 37.8 Å². The number of alkyl carbamates (subject to hydrolysis) is 1. The number of rotatable bonds is 7. The number of carbonyl (C=O) groups excluding carboxylic acids is 2. The highest BCUT2D eigenvalue weighted by Gasteiger charge is 2.15. The van der Waals surface area contributed by atoms with Crippen LogP contribution in [0, 0.1) is 0 Å². The zero-order valence-corrected chi connectivity index (χ0v) is 14.1. The van der Waals surface area contributed by atoms with E-state index < -0.39 is 17.6 Å². The van der Waals surface area contributed by atoms with E-state index >= 15 is 0 Å². The van der Waals surface area contributed by atoms with Gasteiger partial charge in [0.25, 0.3) is 0 Å². The van der Waals surface area contributed by atoms with Gasteiger partial charge in [0.1, 0.15) is 11.4 Å². The van der Waals surface area contributed by atoms with Crippen LogP contribution in [0.3, 0.4) is 0 Å². The molecule has 0 aliphatic rings. The quantitative estimate of drug-likeness (QED) is 0.667. The van der Waals surface area contributed by atoms with Gasteiger partial charge in [-0.25, -0.2) is 4.79 Å². The largest absolute Gasteiger partial charge is 0.495 e. The minimum atomic E-state index is -0.509. The number of hydrogen-bond acceptors (Lipinski definition) is 5. The van der Waals surface area contributed by atoms with Crippen LogP contribution in [0.5, 0.6) is 5.75 Å². The van der Waals surface area contributed by atoms with E-state index in [1.165, 1.54) is 0 Å². The fourth-order valence-electron chi connectivity index (χ4n) is 1.82. The summed E-state index contributed by atoms with van der Waals surface area (Å²) < 4.78 is 10.4. The van der Waals surface area contributed by atoms with Crippen molar-refractivity contribution in [1.82, 2.24) is 5.32 Å². The molecule has 1 aromatic rings. The van der Waals surface area contributed by atoms with Crippen LogP contribution in [0.1, 0.15) is 37.6 Å². The SMILES string of the molecule is COc1ccc(C(N)=O)cc1NCCCNC(=O)OC(C)(C)C. The van der Waals surface area contributed by atoms with E-state index in [0.29, 0.717) is 36.5 Å². The standard InChI is InChI=1S/C16H25N3O4/c1-16(2,3)23-15(21)19-9-5-8-18-12-10-11(14(17)20)6-7-13(12)22-4/h6-7,10,18H,5,8-9H2,1-4H3,(H2,17,20)(H,19,21). The van der Waals surface area contributed by atoms with Crippen molar-refractivity contribution in [3.05, 3.63) is 23.8 Å². The van der Waals surface area contributed by atoms with Crippen LogP contribution in [0.4, 0.5) is 10.5 Å². The van der Waals surface area contributed by atoms with Crippen molar-refractivity contribution in [3.8, 4) is 5.75 Å². The van der Waals surface area contributed by atoms with Crippen molar-refractivity contribution in [2.75, 3.05) is 25.5 Å². The Labute approximate surface area is 136 Å². The summed E-state index contributed by atoms with van der Waals surface area (Å²) >= 11 is 0. The van der Waals surface area contributed by atoms with Crippen molar-refractivity contribution in [3.63, 3.8) is 0 Å². The van der Waals surface area contributed by atoms with E-state index in [4.69, 9.17) is 15.2 Å². The lowest BCUT2D eigenvalue weighted by Crippen LogP contribution is -2.33. The number of nitrogens with two attached hydrogens (primary N) is 1. The van der Waals surface area contributed by atoms with Crippen LogP contribution in [0.25, 0.3) is 0 Å². The van der Waals surface area contributed by atoms with Crippen LogP contribution in [0.15, 0.2) is 18.2 Å². The van der Waals surface area contributed by atoms with E-state index in [1.54, 1.807) is 25.3 Å². The monoisotopic (exact) mass is 323 g/mol. The highest BCUT2D eigenvalue weighted by Crippen LogP contribution is 2.25. The third kappa shape index (κ3) is 6.90. The summed E-state index contributed by atoms with van der Waals surface area (Å²) in [5.41, 5.74) is 5.84. The summed E-state index contributed by atoms with van der Waals surface area (Å²) in [6, 6.07) is 4.93. The molecule has 1 aromatic carbocycles. The fraction of sp³-hybridized carbons (Fsp3) is 0.500. The molecule has 0 heterocycles. The first-order valence-corrected chi connectivity index (χ1v) is 7.41. The first kappa shape index (κ1) is 18.6. The Hall–Kier alpha value is -2.44. The smallest absolute Gasteiger partial charge is 0.407 e. The molecule has 7 nitrogen and oxygen atoms in total. The maximum atomic E-state index is 11.5. The second-order valence-corrected chi connectivity index (χ2v) is 5.99. The maximum absolute atomic E-state index is 11.5. The lowest BCUT2D eigenvalue weighted by Gasteiger charge is -2.19. The minimum Gasteiger partial charge on any atom is -0.495 e. The van der Waals surface area contributed by atoms with Crippen molar-refractivity contribution in [2.24, 2.45) is 5.73 Å². The molecule has 0 fully saturated rings. The van der Waals surface area contributed by atoms with Gasteiger partial charge in [-0.2, -0.15) is 0 Å². The Bertz CT molecular complexity index is 553. The molecule has 0 spiro atoms. The van der Waals surface area contributed by atoms with Gasteiger partial charge in [-0.3, -0.25) is 4.79 Å². The topological polar surface area (TPSA) is 103 Å². The van der Waals surface area contributed by atoms with Crippen LogP contribution < -0.4 is 21.1 Å². The molecule has 0 saturated carbocycles. The van der Waals surface area contributed by atoms with Crippen LogP contribution >= 0.6 is 0 Å². The number of amides is 2. The first-order valence-electron chi connectivity index (χ1n) is 7.41. The number of ether oxygens (including phenoxy) is 2. The lowest BCUT2D eigenvalue weighted by molar-refractivity contribution is 0.0527. The Morgan fingerprint density at radius 1 is 1.22 bits per heavy atom. The van der Waals surface area contributed by atoms with Crippen LogP contribution in [-0.2, 0) is 4.74 Å². The van der Waals surface area contributed by atoms with Gasteiger partial charge in [-0.15, -0.1) is 0 Å².